The van der Waals surface area contributed by atoms with E-state index in [-0.39, 0.29) is 22.6 Å². The van der Waals surface area contributed by atoms with Crippen LogP contribution >= 0.6 is 0 Å². The van der Waals surface area contributed by atoms with E-state index in [0.717, 1.165) is 19.3 Å². The zero-order valence-corrected chi connectivity index (χ0v) is 11.9. The first-order valence-electron chi connectivity index (χ1n) is 6.93. The molecular formula is C15H24O3. The Balaban J connectivity index is 2.40. The fourth-order valence-corrected chi connectivity index (χ4v) is 4.55. The molecule has 0 saturated heterocycles. The van der Waals surface area contributed by atoms with Gasteiger partial charge in [0.25, 0.3) is 0 Å². The Morgan fingerprint density at radius 3 is 2.56 bits per heavy atom. The molecule has 0 bridgehead atoms. The molecule has 0 spiro atoms. The van der Waals surface area contributed by atoms with Crippen LogP contribution in [0.2, 0.25) is 0 Å². The number of ether oxygens (including phenoxy) is 1. The van der Waals surface area contributed by atoms with Crippen LogP contribution in [0.1, 0.15) is 52.9 Å². The number of Topliss-reactive ketones (excluding diaryl/α,β-unsaturated/α-hetero) is 1. The minimum atomic E-state index is -0.541. The lowest BCUT2D eigenvalue weighted by Gasteiger charge is -2.55. The molecule has 2 rings (SSSR count). The first-order valence-corrected chi connectivity index (χ1v) is 6.93. The van der Waals surface area contributed by atoms with Crippen LogP contribution in [-0.2, 0) is 14.3 Å². The van der Waals surface area contributed by atoms with Gasteiger partial charge in [-0.3, -0.25) is 9.59 Å². The summed E-state index contributed by atoms with van der Waals surface area (Å²) < 4.78 is 4.88. The Bertz CT molecular complexity index is 364. The standard InChI is InChI=1S/C15H24O3/c1-14(2)8-5-9-15(3)11(14)7-6-10(16)12(15)13(17)18-4/h11-12H,5-9H2,1-4H3/t11?,12-,15+/m1/s1. The SMILES string of the molecule is COC(=O)[C@H]1C(=O)CCC2C(C)(C)CCC[C@@]21C. The smallest absolute Gasteiger partial charge is 0.316 e. The van der Waals surface area contributed by atoms with Crippen molar-refractivity contribution in [1.29, 1.82) is 0 Å². The van der Waals surface area contributed by atoms with Crippen molar-refractivity contribution in [3.05, 3.63) is 0 Å². The minimum absolute atomic E-state index is 0.0818. The summed E-state index contributed by atoms with van der Waals surface area (Å²) in [4.78, 5) is 24.2. The molecule has 0 heterocycles. The topological polar surface area (TPSA) is 43.4 Å². The van der Waals surface area contributed by atoms with Crippen LogP contribution in [0, 0.1) is 22.7 Å². The molecule has 0 aromatic rings. The number of hydrogen-bond donors (Lipinski definition) is 0. The molecule has 0 radical (unpaired) electrons. The summed E-state index contributed by atoms with van der Waals surface area (Å²) in [6, 6.07) is 0. The molecule has 0 aliphatic heterocycles. The number of rotatable bonds is 1. The highest BCUT2D eigenvalue weighted by Gasteiger charge is 2.57. The lowest BCUT2D eigenvalue weighted by atomic mass is 9.48. The van der Waals surface area contributed by atoms with Crippen molar-refractivity contribution < 1.29 is 14.3 Å². The molecule has 3 nitrogen and oxygen atoms in total. The van der Waals surface area contributed by atoms with Crippen LogP contribution in [0.3, 0.4) is 0 Å². The maximum absolute atomic E-state index is 12.2. The largest absolute Gasteiger partial charge is 0.468 e. The first-order chi connectivity index (χ1) is 8.33. The molecule has 3 heteroatoms. The Labute approximate surface area is 109 Å². The van der Waals surface area contributed by atoms with Crippen LogP contribution in [0.5, 0.6) is 0 Å². The number of methoxy groups -OCH3 is 1. The van der Waals surface area contributed by atoms with Gasteiger partial charge in [-0.2, -0.15) is 0 Å². The molecule has 0 N–H and O–H groups in total. The average molecular weight is 252 g/mol. The van der Waals surface area contributed by atoms with E-state index in [9.17, 15) is 9.59 Å². The molecule has 2 saturated carbocycles. The molecule has 2 fully saturated rings. The predicted octanol–water partition coefficient (Wildman–Crippen LogP) is 2.97. The number of carbonyl (C=O) groups is 2. The van der Waals surface area contributed by atoms with Crippen molar-refractivity contribution in [3.8, 4) is 0 Å². The Hall–Kier alpha value is -0.860. The van der Waals surface area contributed by atoms with Crippen molar-refractivity contribution in [3.63, 3.8) is 0 Å². The van der Waals surface area contributed by atoms with E-state index < -0.39 is 5.92 Å². The van der Waals surface area contributed by atoms with Gasteiger partial charge in [0.2, 0.25) is 0 Å². The van der Waals surface area contributed by atoms with Gasteiger partial charge in [-0.25, -0.2) is 0 Å². The van der Waals surface area contributed by atoms with Gasteiger partial charge in [-0.15, -0.1) is 0 Å². The number of fused-ring (bicyclic) bond motifs is 1. The summed E-state index contributed by atoms with van der Waals surface area (Å²) in [7, 11) is 1.39. The normalized spacial score (nSPS) is 39.0. The second kappa shape index (κ2) is 4.36. The van der Waals surface area contributed by atoms with E-state index in [0.29, 0.717) is 12.3 Å². The van der Waals surface area contributed by atoms with Gasteiger partial charge in [0.15, 0.2) is 0 Å². The van der Waals surface area contributed by atoms with E-state index >= 15 is 0 Å². The lowest BCUT2D eigenvalue weighted by molar-refractivity contribution is -0.167. The van der Waals surface area contributed by atoms with Crippen LogP contribution in [0.25, 0.3) is 0 Å². The van der Waals surface area contributed by atoms with Gasteiger partial charge in [0.1, 0.15) is 11.7 Å². The second-order valence-corrected chi connectivity index (χ2v) is 6.86. The van der Waals surface area contributed by atoms with E-state index in [2.05, 4.69) is 20.8 Å². The van der Waals surface area contributed by atoms with Crippen LogP contribution < -0.4 is 0 Å². The Kier molecular flexibility index (Phi) is 3.28. The number of hydrogen-bond acceptors (Lipinski definition) is 3. The summed E-state index contributed by atoms with van der Waals surface area (Å²) in [5.41, 5.74) is 0.0180. The summed E-state index contributed by atoms with van der Waals surface area (Å²) in [5.74, 6) is -0.343. The van der Waals surface area contributed by atoms with Crippen molar-refractivity contribution >= 4 is 11.8 Å². The highest BCUT2D eigenvalue weighted by atomic mass is 16.5. The van der Waals surface area contributed by atoms with Crippen molar-refractivity contribution in [2.45, 2.75) is 52.9 Å². The van der Waals surface area contributed by atoms with Crippen molar-refractivity contribution in [2.75, 3.05) is 7.11 Å². The third kappa shape index (κ3) is 1.88. The fraction of sp³-hybridized carbons (Fsp3) is 0.867. The van der Waals surface area contributed by atoms with Gasteiger partial charge in [0, 0.05) is 6.42 Å². The average Bonchev–Trinajstić information content (AvgIpc) is 2.26. The van der Waals surface area contributed by atoms with Crippen LogP contribution in [-0.4, -0.2) is 18.9 Å². The minimum Gasteiger partial charge on any atom is -0.468 e. The van der Waals surface area contributed by atoms with E-state index in [1.54, 1.807) is 0 Å². The van der Waals surface area contributed by atoms with E-state index in [4.69, 9.17) is 4.74 Å². The Morgan fingerprint density at radius 2 is 1.94 bits per heavy atom. The molecule has 18 heavy (non-hydrogen) atoms. The molecule has 0 aromatic heterocycles. The zero-order valence-electron chi connectivity index (χ0n) is 11.9. The summed E-state index contributed by atoms with van der Waals surface area (Å²) in [6.07, 6.45) is 4.71. The highest BCUT2D eigenvalue weighted by Crippen LogP contribution is 2.59. The molecule has 3 atom stereocenters. The monoisotopic (exact) mass is 252 g/mol. The molecular weight excluding hydrogens is 228 g/mol. The van der Waals surface area contributed by atoms with Gasteiger partial charge in [-0.05, 0) is 36.0 Å². The molecule has 2 aliphatic rings. The van der Waals surface area contributed by atoms with E-state index in [1.807, 2.05) is 0 Å². The molecule has 0 amide bonds. The number of esters is 1. The Morgan fingerprint density at radius 1 is 1.28 bits per heavy atom. The summed E-state index contributed by atoms with van der Waals surface area (Å²) in [5, 5.41) is 0. The van der Waals surface area contributed by atoms with Gasteiger partial charge < -0.3 is 4.74 Å². The molecule has 102 valence electrons. The molecule has 1 unspecified atom stereocenters. The van der Waals surface area contributed by atoms with Gasteiger partial charge in [0.05, 0.1) is 7.11 Å². The third-order valence-corrected chi connectivity index (χ3v) is 5.37. The summed E-state index contributed by atoms with van der Waals surface area (Å²) in [6.45, 7) is 6.68. The molecule has 2 aliphatic carbocycles. The fourth-order valence-electron chi connectivity index (χ4n) is 4.55. The highest BCUT2D eigenvalue weighted by molar-refractivity contribution is 6.00. The van der Waals surface area contributed by atoms with E-state index in [1.165, 1.54) is 13.5 Å². The van der Waals surface area contributed by atoms with Crippen LogP contribution in [0.15, 0.2) is 0 Å². The van der Waals surface area contributed by atoms with Crippen molar-refractivity contribution in [1.82, 2.24) is 0 Å². The molecule has 0 aromatic carbocycles. The summed E-state index contributed by atoms with van der Waals surface area (Å²) >= 11 is 0. The second-order valence-electron chi connectivity index (χ2n) is 6.86. The van der Waals surface area contributed by atoms with Crippen molar-refractivity contribution in [2.24, 2.45) is 22.7 Å². The van der Waals surface area contributed by atoms with Crippen LogP contribution in [0.4, 0.5) is 0 Å². The third-order valence-electron chi connectivity index (χ3n) is 5.37. The van der Waals surface area contributed by atoms with Gasteiger partial charge in [-0.1, -0.05) is 27.2 Å². The number of carbonyl (C=O) groups excluding carboxylic acids is 2. The maximum Gasteiger partial charge on any atom is 0.316 e. The van der Waals surface area contributed by atoms with Gasteiger partial charge >= 0.3 is 5.97 Å². The predicted molar refractivity (Wildman–Crippen MR) is 69.0 cm³/mol. The first kappa shape index (κ1) is 13.6. The maximum atomic E-state index is 12.2. The zero-order chi connectivity index (χ0) is 13.6. The number of ketones is 1. The quantitative estimate of drug-likeness (QED) is 0.532. The lowest BCUT2D eigenvalue weighted by Crippen LogP contribution is -2.54.